The lowest BCUT2D eigenvalue weighted by atomic mass is 10.1. The number of benzene rings is 4. The van der Waals surface area contributed by atoms with E-state index in [2.05, 4.69) is 74.0 Å². The maximum atomic E-state index is 13.4. The van der Waals surface area contributed by atoms with Crippen molar-refractivity contribution in [3.05, 3.63) is 141 Å². The van der Waals surface area contributed by atoms with Crippen LogP contribution >= 0.6 is 0 Å². The zero-order chi connectivity index (χ0) is 56.7. The largest absolute Gasteiger partial charge is 0.436 e. The minimum atomic E-state index is -0.451. The molecule has 4 atom stereocenters. The number of nitrogens with one attached hydrogen (secondary N) is 4. The van der Waals surface area contributed by atoms with Crippen LogP contribution < -0.4 is 52.5 Å². The van der Waals surface area contributed by atoms with Gasteiger partial charge in [0.1, 0.15) is 34.3 Å². The van der Waals surface area contributed by atoms with Gasteiger partial charge in [0.25, 0.3) is 11.1 Å². The van der Waals surface area contributed by atoms with Gasteiger partial charge in [-0.25, -0.2) is 18.7 Å². The Balaban J connectivity index is 0.000000172. The second-order valence-electron chi connectivity index (χ2n) is 20.7. The van der Waals surface area contributed by atoms with Crippen molar-refractivity contribution in [3.63, 3.8) is 0 Å². The maximum Gasteiger partial charge on any atom is 0.290 e. The number of aromatic amines is 2. The third-order valence-corrected chi connectivity index (χ3v) is 15.3. The highest BCUT2D eigenvalue weighted by Gasteiger charge is 2.27. The average Bonchev–Trinajstić information content (AvgIpc) is 4.20. The predicted octanol–water partition coefficient (Wildman–Crippen LogP) is 7.40. The molecule has 82 heavy (non-hydrogen) atoms. The van der Waals surface area contributed by atoms with Crippen LogP contribution in [0.4, 0.5) is 43.9 Å². The van der Waals surface area contributed by atoms with E-state index in [9.17, 15) is 18.4 Å². The standard InChI is InChI=1S/2C29H33FN8O3/c2*1-18(19-7-9-20(30)10-8-19)37-11-13-38(14-12-37)24-16-25(35-29(34-24)32-17-21-4-3-15-40-21)41-23-6-2-5-22-26(23)36-27(31)28(39)33-22/h2*2,5-10,16,18,21H,3-4,11-15,17H2,1H3,(H2,31,36)(H,33,39)(H,32,34,35)/t18-,21+;18-,21-/m11/s1. The van der Waals surface area contributed by atoms with Crippen molar-refractivity contribution in [1.29, 1.82) is 0 Å². The number of ether oxygens (including phenoxy) is 4. The van der Waals surface area contributed by atoms with Gasteiger partial charge >= 0.3 is 0 Å². The number of para-hydroxylation sites is 2. The molecular formula is C58H66F2N16O6. The van der Waals surface area contributed by atoms with Crippen LogP contribution in [0.1, 0.15) is 62.7 Å². The van der Waals surface area contributed by atoms with Crippen LogP contribution in [-0.2, 0) is 9.47 Å². The summed E-state index contributed by atoms with van der Waals surface area (Å²) in [7, 11) is 0. The van der Waals surface area contributed by atoms with Gasteiger partial charge in [0.05, 0.1) is 23.2 Å². The highest BCUT2D eigenvalue weighted by molar-refractivity contribution is 5.83. The van der Waals surface area contributed by atoms with Crippen molar-refractivity contribution in [2.45, 2.75) is 63.8 Å². The molecule has 4 aromatic carbocycles. The molecule has 12 rings (SSSR count). The molecule has 0 bridgehead atoms. The quantitative estimate of drug-likeness (QED) is 0.0550. The summed E-state index contributed by atoms with van der Waals surface area (Å²) in [5.74, 6) is 3.13. The number of rotatable bonds is 16. The van der Waals surface area contributed by atoms with Gasteiger partial charge < -0.3 is 60.8 Å². The Morgan fingerprint density at radius 3 is 1.35 bits per heavy atom. The first-order valence-corrected chi connectivity index (χ1v) is 27.8. The van der Waals surface area contributed by atoms with Gasteiger partial charge in [-0.2, -0.15) is 19.9 Å². The molecule has 4 saturated heterocycles. The van der Waals surface area contributed by atoms with E-state index in [-0.39, 0.29) is 47.6 Å². The smallest absolute Gasteiger partial charge is 0.290 e. The number of anilines is 6. The molecule has 8 N–H and O–H groups in total. The molecule has 4 aliphatic heterocycles. The highest BCUT2D eigenvalue weighted by Crippen LogP contribution is 2.33. The number of aromatic nitrogens is 8. The number of hydrogen-bond acceptors (Lipinski definition) is 20. The van der Waals surface area contributed by atoms with Crippen LogP contribution in [0.15, 0.2) is 107 Å². The SMILES string of the molecule is C[C@H](c1ccc(F)cc1)N1CCN(c2cc(Oc3cccc4[nH]c(=O)c(N)nc34)nc(NC[C@@H]3CCCO3)n2)CC1.C[C@H](c1ccc(F)cc1)N1CCN(c2cc(Oc3cccc4[nH]c(=O)c(N)nc34)nc(NC[C@H]3CCCO3)n2)CC1. The number of piperazine rings is 2. The summed E-state index contributed by atoms with van der Waals surface area (Å²) in [4.78, 5) is 65.9. The molecule has 0 saturated carbocycles. The van der Waals surface area contributed by atoms with Crippen molar-refractivity contribution >= 4 is 57.2 Å². The third kappa shape index (κ3) is 13.3. The van der Waals surface area contributed by atoms with Gasteiger partial charge in [0.15, 0.2) is 23.1 Å². The molecule has 4 aromatic heterocycles. The van der Waals surface area contributed by atoms with E-state index in [1.165, 1.54) is 24.3 Å². The summed E-state index contributed by atoms with van der Waals surface area (Å²) in [6, 6.07) is 27.9. The van der Waals surface area contributed by atoms with E-state index >= 15 is 0 Å². The van der Waals surface area contributed by atoms with Gasteiger partial charge in [0, 0.05) is 103 Å². The van der Waals surface area contributed by atoms with Crippen molar-refractivity contribution in [3.8, 4) is 23.3 Å². The van der Waals surface area contributed by atoms with Crippen LogP contribution in [0.5, 0.6) is 23.3 Å². The van der Waals surface area contributed by atoms with Crippen LogP contribution in [-0.4, -0.2) is 141 Å². The first kappa shape index (κ1) is 55.3. The topological polar surface area (TPSA) is 269 Å². The number of halogens is 2. The normalized spacial score (nSPS) is 18.5. The lowest BCUT2D eigenvalue weighted by Gasteiger charge is -2.38. The number of fused-ring (bicyclic) bond motifs is 2. The molecule has 0 amide bonds. The molecular weight excluding hydrogens is 1050 g/mol. The Hall–Kier alpha value is -8.58. The van der Waals surface area contributed by atoms with Crippen molar-refractivity contribution < 1.29 is 27.7 Å². The van der Waals surface area contributed by atoms with E-state index in [1.807, 2.05) is 36.4 Å². The minimum Gasteiger partial charge on any atom is -0.436 e. The summed E-state index contributed by atoms with van der Waals surface area (Å²) in [5, 5.41) is 6.64. The van der Waals surface area contributed by atoms with E-state index in [1.54, 1.807) is 36.4 Å². The highest BCUT2D eigenvalue weighted by atomic mass is 19.1. The van der Waals surface area contributed by atoms with Crippen LogP contribution in [0, 0.1) is 11.6 Å². The summed E-state index contributed by atoms with van der Waals surface area (Å²) in [6.07, 6.45) is 4.30. The number of hydrogen-bond donors (Lipinski definition) is 6. The van der Waals surface area contributed by atoms with Gasteiger partial charge in [-0.15, -0.1) is 0 Å². The number of nitrogens with two attached hydrogens (primary N) is 2. The van der Waals surface area contributed by atoms with E-state index in [4.69, 9.17) is 40.4 Å². The monoisotopic (exact) mass is 1120 g/mol. The molecule has 428 valence electrons. The van der Waals surface area contributed by atoms with Crippen LogP contribution in [0.3, 0.4) is 0 Å². The summed E-state index contributed by atoms with van der Waals surface area (Å²) >= 11 is 0. The van der Waals surface area contributed by atoms with E-state index < -0.39 is 11.1 Å². The molecule has 4 fully saturated rings. The molecule has 22 nitrogen and oxygen atoms in total. The number of H-pyrrole nitrogens is 2. The molecule has 8 aromatic rings. The summed E-state index contributed by atoms with van der Waals surface area (Å²) < 4.78 is 50.8. The van der Waals surface area contributed by atoms with Gasteiger partial charge in [-0.3, -0.25) is 19.4 Å². The Morgan fingerprint density at radius 2 is 0.976 bits per heavy atom. The Morgan fingerprint density at radius 1 is 0.573 bits per heavy atom. The molecule has 24 heteroatoms. The fourth-order valence-corrected chi connectivity index (χ4v) is 10.6. The number of nitrogens with zero attached hydrogens (tertiary/aromatic N) is 10. The predicted molar refractivity (Wildman–Crippen MR) is 310 cm³/mol. The first-order valence-electron chi connectivity index (χ1n) is 27.8. The molecule has 0 aliphatic carbocycles. The third-order valence-electron chi connectivity index (χ3n) is 15.3. The first-order chi connectivity index (χ1) is 39.8. The zero-order valence-electron chi connectivity index (χ0n) is 45.7. The van der Waals surface area contributed by atoms with E-state index in [0.29, 0.717) is 70.3 Å². The fraction of sp³-hybridized carbons (Fsp3) is 0.379. The lowest BCUT2D eigenvalue weighted by molar-refractivity contribution is 0.120. The summed E-state index contributed by atoms with van der Waals surface area (Å²) in [6.45, 7) is 13.3. The van der Waals surface area contributed by atoms with Crippen LogP contribution in [0.2, 0.25) is 0 Å². The fourth-order valence-electron chi connectivity index (χ4n) is 10.6. The second kappa shape index (κ2) is 25.1. The minimum absolute atomic E-state index is 0.116. The molecule has 0 spiro atoms. The summed E-state index contributed by atoms with van der Waals surface area (Å²) in [5.41, 5.74) is 14.7. The van der Waals surface area contributed by atoms with Crippen LogP contribution in [0.25, 0.3) is 22.1 Å². The van der Waals surface area contributed by atoms with E-state index in [0.717, 1.165) is 114 Å². The van der Waals surface area contributed by atoms with Crippen molar-refractivity contribution in [1.82, 2.24) is 49.7 Å². The Bertz CT molecular complexity index is 3370. The molecule has 0 radical (unpaired) electrons. The Labute approximate surface area is 471 Å². The van der Waals surface area contributed by atoms with Gasteiger partial charge in [-0.05, 0) is 99.2 Å². The van der Waals surface area contributed by atoms with Crippen molar-refractivity contribution in [2.75, 3.05) is 111 Å². The van der Waals surface area contributed by atoms with Crippen molar-refractivity contribution in [2.24, 2.45) is 0 Å². The molecule has 4 aliphatic rings. The Kier molecular flexibility index (Phi) is 16.9. The second-order valence-corrected chi connectivity index (χ2v) is 20.7. The number of nitrogen functional groups attached to an aromatic ring is 2. The molecule has 0 unspecified atom stereocenters. The maximum absolute atomic E-state index is 13.4. The van der Waals surface area contributed by atoms with Gasteiger partial charge in [0.2, 0.25) is 23.7 Å². The lowest BCUT2D eigenvalue weighted by Crippen LogP contribution is -2.47. The van der Waals surface area contributed by atoms with Gasteiger partial charge in [-0.1, -0.05) is 36.4 Å². The molecule has 8 heterocycles. The zero-order valence-corrected chi connectivity index (χ0v) is 45.7. The average molecular weight is 1120 g/mol.